The minimum absolute atomic E-state index is 0.261. The first-order valence-electron chi connectivity index (χ1n) is 7.32. The number of alkyl halides is 3. The minimum Gasteiger partial charge on any atom is -0.329 e. The second-order valence-electron chi connectivity index (χ2n) is 5.08. The van der Waals surface area contributed by atoms with E-state index in [1.54, 1.807) is 5.32 Å². The Kier molecular flexibility index (Phi) is 7.08. The molecule has 13 heteroatoms. The molecule has 1 heterocycles. The average Bonchev–Trinajstić information content (AvgIpc) is 2.57. The molecule has 0 saturated heterocycles. The summed E-state index contributed by atoms with van der Waals surface area (Å²) < 4.78 is 37.6. The Labute approximate surface area is 149 Å². The molecular formula is C14H16F3N5O5. The summed E-state index contributed by atoms with van der Waals surface area (Å²) in [5, 5.41) is 2.94. The van der Waals surface area contributed by atoms with E-state index in [0.717, 1.165) is 0 Å². The van der Waals surface area contributed by atoms with Crippen LogP contribution in [0.5, 0.6) is 0 Å². The average molecular weight is 391 g/mol. The van der Waals surface area contributed by atoms with Crippen LogP contribution in [0.4, 0.5) is 18.0 Å². The van der Waals surface area contributed by atoms with Crippen LogP contribution in [-0.2, 0) is 24.4 Å². The topological polar surface area (TPSA) is 124 Å². The van der Waals surface area contributed by atoms with E-state index in [1.165, 1.54) is 17.5 Å². The zero-order valence-electron chi connectivity index (χ0n) is 13.9. The fourth-order valence-corrected chi connectivity index (χ4v) is 1.92. The minimum atomic E-state index is -4.68. The maximum atomic E-state index is 12.2. The summed E-state index contributed by atoms with van der Waals surface area (Å²) in [6.45, 7) is 3.54. The molecule has 148 valence electrons. The highest BCUT2D eigenvalue weighted by Crippen LogP contribution is 2.11. The van der Waals surface area contributed by atoms with Gasteiger partial charge in [0.05, 0.1) is 13.1 Å². The first kappa shape index (κ1) is 21.7. The molecule has 0 unspecified atom stereocenters. The molecule has 0 aliphatic rings. The highest BCUT2D eigenvalue weighted by Gasteiger charge is 2.28. The Morgan fingerprint density at radius 2 is 1.37 bits per heavy atom. The van der Waals surface area contributed by atoms with Gasteiger partial charge in [0, 0.05) is 0 Å². The van der Waals surface area contributed by atoms with Crippen LogP contribution in [0.3, 0.4) is 0 Å². The molecule has 3 amide bonds. The van der Waals surface area contributed by atoms with Gasteiger partial charge < -0.3 is 5.32 Å². The van der Waals surface area contributed by atoms with Crippen LogP contribution < -0.4 is 27.7 Å². The first-order chi connectivity index (χ1) is 12.5. The molecule has 10 nitrogen and oxygen atoms in total. The molecule has 0 fully saturated rings. The van der Waals surface area contributed by atoms with Crippen molar-refractivity contribution in [1.82, 2.24) is 24.3 Å². The maximum Gasteiger partial charge on any atom is 0.405 e. The van der Waals surface area contributed by atoms with E-state index in [0.29, 0.717) is 13.7 Å². The number of carbonyl (C=O) groups excluding carboxylic acids is 2. The van der Waals surface area contributed by atoms with E-state index >= 15 is 0 Å². The second-order valence-corrected chi connectivity index (χ2v) is 5.08. The van der Waals surface area contributed by atoms with Gasteiger partial charge in [-0.15, -0.1) is 13.2 Å². The highest BCUT2D eigenvalue weighted by atomic mass is 19.4. The van der Waals surface area contributed by atoms with E-state index < -0.39 is 48.3 Å². The van der Waals surface area contributed by atoms with Gasteiger partial charge in [0.15, 0.2) is 0 Å². The Bertz CT molecular complexity index is 877. The smallest absolute Gasteiger partial charge is 0.329 e. The fraction of sp³-hybridized carbons (Fsp3) is 0.357. The number of carbonyl (C=O) groups is 2. The molecule has 1 aromatic rings. The number of nitrogens with one attached hydrogen (secondary N) is 2. The van der Waals surface area contributed by atoms with Crippen LogP contribution in [0.1, 0.15) is 0 Å². The molecule has 0 saturated carbocycles. The van der Waals surface area contributed by atoms with Crippen molar-refractivity contribution in [2.24, 2.45) is 0 Å². The SMILES string of the molecule is C=CCn1c(=O)n(CC=C)c(=O)n(CC(=O)NC(=O)NCC(F)(F)F)c1=O. The Balaban J connectivity index is 3.14. The number of urea groups is 1. The van der Waals surface area contributed by atoms with Gasteiger partial charge in [-0.3, -0.25) is 10.1 Å². The van der Waals surface area contributed by atoms with Gasteiger partial charge in [-0.1, -0.05) is 12.2 Å². The molecular weight excluding hydrogens is 375 g/mol. The molecule has 0 bridgehead atoms. The molecule has 0 atom stereocenters. The van der Waals surface area contributed by atoms with Crippen LogP contribution in [0.2, 0.25) is 0 Å². The highest BCUT2D eigenvalue weighted by molar-refractivity contribution is 5.94. The first-order valence-corrected chi connectivity index (χ1v) is 7.32. The van der Waals surface area contributed by atoms with Crippen molar-refractivity contribution in [2.45, 2.75) is 25.8 Å². The largest absolute Gasteiger partial charge is 0.405 e. The van der Waals surface area contributed by atoms with E-state index in [2.05, 4.69) is 13.2 Å². The van der Waals surface area contributed by atoms with E-state index in [-0.39, 0.29) is 13.1 Å². The number of amides is 3. The maximum absolute atomic E-state index is 12.2. The van der Waals surface area contributed by atoms with E-state index in [4.69, 9.17) is 0 Å². The summed E-state index contributed by atoms with van der Waals surface area (Å²) in [7, 11) is 0. The van der Waals surface area contributed by atoms with Crippen molar-refractivity contribution in [2.75, 3.05) is 6.54 Å². The van der Waals surface area contributed by atoms with Gasteiger partial charge in [0.25, 0.3) is 0 Å². The monoisotopic (exact) mass is 391 g/mol. The number of hydrogen-bond donors (Lipinski definition) is 2. The predicted octanol–water partition coefficient (Wildman–Crippen LogP) is -1.07. The van der Waals surface area contributed by atoms with Gasteiger partial charge in [0.1, 0.15) is 13.1 Å². The van der Waals surface area contributed by atoms with Crippen molar-refractivity contribution in [1.29, 1.82) is 0 Å². The Morgan fingerprint density at radius 3 is 1.78 bits per heavy atom. The van der Waals surface area contributed by atoms with E-state index in [9.17, 15) is 37.1 Å². The van der Waals surface area contributed by atoms with Crippen LogP contribution in [0.15, 0.2) is 39.7 Å². The van der Waals surface area contributed by atoms with Crippen molar-refractivity contribution >= 4 is 11.9 Å². The summed E-state index contributed by atoms with van der Waals surface area (Å²) >= 11 is 0. The quantitative estimate of drug-likeness (QED) is 0.573. The lowest BCUT2D eigenvalue weighted by atomic mass is 10.5. The zero-order chi connectivity index (χ0) is 20.8. The van der Waals surface area contributed by atoms with Gasteiger partial charge in [0.2, 0.25) is 5.91 Å². The third kappa shape index (κ3) is 5.83. The predicted molar refractivity (Wildman–Crippen MR) is 87.2 cm³/mol. The number of imide groups is 1. The van der Waals surface area contributed by atoms with Crippen LogP contribution in [-0.4, -0.2) is 38.4 Å². The van der Waals surface area contributed by atoms with Crippen LogP contribution in [0, 0.1) is 0 Å². The number of hydrogen-bond acceptors (Lipinski definition) is 5. The third-order valence-electron chi connectivity index (χ3n) is 3.01. The lowest BCUT2D eigenvalue weighted by molar-refractivity contribution is -0.125. The summed E-state index contributed by atoms with van der Waals surface area (Å²) in [6, 6.07) is -1.46. The van der Waals surface area contributed by atoms with Gasteiger partial charge in [-0.05, 0) is 0 Å². The van der Waals surface area contributed by atoms with Crippen molar-refractivity contribution in [3.8, 4) is 0 Å². The molecule has 0 aliphatic carbocycles. The fourth-order valence-electron chi connectivity index (χ4n) is 1.92. The molecule has 0 aliphatic heterocycles. The lowest BCUT2D eigenvalue weighted by Gasteiger charge is -2.12. The number of rotatable bonds is 7. The number of nitrogens with zero attached hydrogens (tertiary/aromatic N) is 3. The molecule has 0 radical (unpaired) electrons. The molecule has 2 N–H and O–H groups in total. The summed E-state index contributed by atoms with van der Waals surface area (Å²) in [6.07, 6.45) is -2.27. The van der Waals surface area contributed by atoms with Crippen molar-refractivity contribution in [3.63, 3.8) is 0 Å². The third-order valence-corrected chi connectivity index (χ3v) is 3.01. The van der Waals surface area contributed by atoms with Gasteiger partial charge >= 0.3 is 29.3 Å². The van der Waals surface area contributed by atoms with E-state index in [1.807, 2.05) is 0 Å². The second kappa shape index (κ2) is 8.82. The lowest BCUT2D eigenvalue weighted by Crippen LogP contribution is -2.56. The number of halogens is 3. The molecule has 0 spiro atoms. The van der Waals surface area contributed by atoms with Gasteiger partial charge in [-0.25, -0.2) is 32.9 Å². The van der Waals surface area contributed by atoms with Gasteiger partial charge in [-0.2, -0.15) is 13.2 Å². The Hall–Kier alpha value is -3.38. The zero-order valence-corrected chi connectivity index (χ0v) is 13.9. The van der Waals surface area contributed by atoms with Crippen molar-refractivity contribution in [3.05, 3.63) is 56.8 Å². The Morgan fingerprint density at radius 1 is 0.926 bits per heavy atom. The molecule has 27 heavy (non-hydrogen) atoms. The standard InChI is InChI=1S/C14H16F3N5O5/c1-3-5-20-11(25)21(6-4-2)13(27)22(12(20)26)7-9(23)19-10(24)18-8-14(15,16)17/h3-4H,1-2,5-8H2,(H2,18,19,23,24). The van der Waals surface area contributed by atoms with Crippen LogP contribution >= 0.6 is 0 Å². The molecule has 1 rings (SSSR count). The van der Waals surface area contributed by atoms with Crippen molar-refractivity contribution < 1.29 is 22.8 Å². The number of aromatic nitrogens is 3. The van der Waals surface area contributed by atoms with Crippen LogP contribution in [0.25, 0.3) is 0 Å². The molecule has 0 aromatic carbocycles. The summed E-state index contributed by atoms with van der Waals surface area (Å²) in [4.78, 5) is 59.7. The summed E-state index contributed by atoms with van der Waals surface area (Å²) in [5.74, 6) is -1.23. The molecule has 1 aromatic heterocycles. The normalized spacial score (nSPS) is 10.9. The summed E-state index contributed by atoms with van der Waals surface area (Å²) in [5.41, 5.74) is -3.24. The number of allylic oxidation sites excluding steroid dienone is 2.